The largest absolute Gasteiger partial charge is 0.352 e. The first kappa shape index (κ1) is 22.9. The van der Waals surface area contributed by atoms with Crippen molar-refractivity contribution in [3.63, 3.8) is 0 Å². The summed E-state index contributed by atoms with van der Waals surface area (Å²) in [6.07, 6.45) is 8.04. The molecule has 1 aromatic carbocycles. The smallest absolute Gasteiger partial charge is 0.223 e. The lowest BCUT2D eigenvalue weighted by molar-refractivity contribution is -0.125. The first-order valence-corrected chi connectivity index (χ1v) is 9.28. The number of carbonyl (C=O) groups is 1. The predicted octanol–water partition coefficient (Wildman–Crippen LogP) is 3.52. The third kappa shape index (κ3) is 5.35. The third-order valence-corrected chi connectivity index (χ3v) is 5.06. The average Bonchev–Trinajstić information content (AvgIpc) is 3.34. The number of para-hydroxylation sites is 1. The number of aromatic nitrogens is 3. The average molecular weight is 434 g/mol. The normalized spacial score (nSPS) is 17.8. The van der Waals surface area contributed by atoms with Crippen molar-refractivity contribution in [1.29, 1.82) is 0 Å². The van der Waals surface area contributed by atoms with Gasteiger partial charge in [-0.1, -0.05) is 18.2 Å². The number of pyridine rings is 1. The van der Waals surface area contributed by atoms with E-state index in [4.69, 9.17) is 10.8 Å². The predicted molar refractivity (Wildman–Crippen MR) is 118 cm³/mol. The molecule has 2 aromatic heterocycles. The lowest BCUT2D eigenvalue weighted by atomic mass is 10.1. The van der Waals surface area contributed by atoms with E-state index in [0.717, 1.165) is 41.8 Å². The topological polar surface area (TPSA) is 85.8 Å². The molecule has 0 spiro atoms. The summed E-state index contributed by atoms with van der Waals surface area (Å²) in [5, 5.41) is 7.83. The monoisotopic (exact) mass is 433 g/mol. The van der Waals surface area contributed by atoms with Crippen molar-refractivity contribution in [1.82, 2.24) is 20.1 Å². The maximum atomic E-state index is 12.5. The fraction of sp³-hybridized carbons (Fsp3) is 0.286. The van der Waals surface area contributed by atoms with Gasteiger partial charge in [0.25, 0.3) is 0 Å². The Bertz CT molecular complexity index is 917. The van der Waals surface area contributed by atoms with Gasteiger partial charge < -0.3 is 11.1 Å². The molecule has 3 N–H and O–H groups in total. The highest BCUT2D eigenvalue weighted by atomic mass is 35.5. The Hall–Kier alpha value is -2.41. The van der Waals surface area contributed by atoms with Crippen LogP contribution in [0.3, 0.4) is 0 Å². The fourth-order valence-corrected chi connectivity index (χ4v) is 3.59. The van der Waals surface area contributed by atoms with Crippen LogP contribution in [0.15, 0.2) is 61.1 Å². The van der Waals surface area contributed by atoms with Gasteiger partial charge in [-0.25, -0.2) is 4.68 Å². The Morgan fingerprint density at radius 3 is 2.48 bits per heavy atom. The number of nitrogens with one attached hydrogen (secondary N) is 1. The van der Waals surface area contributed by atoms with Gasteiger partial charge in [-0.2, -0.15) is 5.10 Å². The number of amides is 1. The molecular weight excluding hydrogens is 409 g/mol. The molecule has 2 heterocycles. The number of hydrogen-bond donors (Lipinski definition) is 2. The first-order valence-electron chi connectivity index (χ1n) is 9.28. The molecule has 1 aliphatic rings. The number of nitrogens with zero attached hydrogens (tertiary/aromatic N) is 3. The third-order valence-electron chi connectivity index (χ3n) is 5.06. The quantitative estimate of drug-likeness (QED) is 0.644. The van der Waals surface area contributed by atoms with Gasteiger partial charge in [-0.3, -0.25) is 9.78 Å². The number of halogens is 2. The van der Waals surface area contributed by atoms with Crippen LogP contribution in [0.4, 0.5) is 0 Å². The lowest BCUT2D eigenvalue weighted by Crippen LogP contribution is -2.30. The minimum Gasteiger partial charge on any atom is -0.352 e. The summed E-state index contributed by atoms with van der Waals surface area (Å²) in [6.45, 7) is 0.440. The van der Waals surface area contributed by atoms with Crippen LogP contribution in [-0.2, 0) is 11.3 Å². The Morgan fingerprint density at radius 1 is 1.10 bits per heavy atom. The minimum atomic E-state index is 0. The van der Waals surface area contributed by atoms with Crippen LogP contribution < -0.4 is 11.1 Å². The molecule has 1 amide bonds. The molecule has 2 atom stereocenters. The van der Waals surface area contributed by atoms with E-state index in [-0.39, 0.29) is 42.7 Å². The van der Waals surface area contributed by atoms with Crippen molar-refractivity contribution in [2.45, 2.75) is 31.8 Å². The molecular formula is C21H25Cl2N5O. The zero-order valence-corrected chi connectivity index (χ0v) is 17.5. The van der Waals surface area contributed by atoms with Crippen molar-refractivity contribution in [2.75, 3.05) is 0 Å². The lowest BCUT2D eigenvalue weighted by Gasteiger charge is -2.10. The standard InChI is InChI=1S/C21H23N5O.2ClH/c22-18-7-6-16(12-18)21(27)24-13-17-14-26(19-4-2-1-3-5-19)25-20(17)15-8-10-23-11-9-15;;/h1-5,8-11,14,16,18H,6-7,12-13,22H2,(H,24,27);2*1H. The Morgan fingerprint density at radius 2 is 1.83 bits per heavy atom. The fourth-order valence-electron chi connectivity index (χ4n) is 3.59. The van der Waals surface area contributed by atoms with E-state index in [0.29, 0.717) is 6.54 Å². The van der Waals surface area contributed by atoms with Crippen LogP contribution in [0.1, 0.15) is 24.8 Å². The van der Waals surface area contributed by atoms with E-state index < -0.39 is 0 Å². The molecule has 4 rings (SSSR count). The van der Waals surface area contributed by atoms with E-state index >= 15 is 0 Å². The number of carbonyl (C=O) groups excluding carboxylic acids is 1. The SMILES string of the molecule is Cl.Cl.NC1CCC(C(=O)NCc2cn(-c3ccccc3)nc2-c2ccncc2)C1. The number of nitrogens with two attached hydrogens (primary N) is 1. The molecule has 6 nitrogen and oxygen atoms in total. The second-order valence-electron chi connectivity index (χ2n) is 7.01. The van der Waals surface area contributed by atoms with E-state index in [9.17, 15) is 4.79 Å². The summed E-state index contributed by atoms with van der Waals surface area (Å²) < 4.78 is 1.85. The van der Waals surface area contributed by atoms with Gasteiger partial charge in [0, 0.05) is 48.2 Å². The second-order valence-corrected chi connectivity index (χ2v) is 7.01. The number of hydrogen-bond acceptors (Lipinski definition) is 4. The Kier molecular flexibility index (Phi) is 8.20. The Labute approximate surface area is 182 Å². The molecule has 1 fully saturated rings. The van der Waals surface area contributed by atoms with E-state index in [1.54, 1.807) is 12.4 Å². The van der Waals surface area contributed by atoms with Crippen LogP contribution in [0, 0.1) is 5.92 Å². The summed E-state index contributed by atoms with van der Waals surface area (Å²) in [4.78, 5) is 16.6. The molecule has 1 saturated carbocycles. The molecule has 8 heteroatoms. The molecule has 0 saturated heterocycles. The summed E-state index contributed by atoms with van der Waals surface area (Å²) in [7, 11) is 0. The second kappa shape index (κ2) is 10.4. The molecule has 2 unspecified atom stereocenters. The zero-order valence-electron chi connectivity index (χ0n) is 15.9. The van der Waals surface area contributed by atoms with E-state index in [1.165, 1.54) is 0 Å². The Balaban J connectivity index is 0.00000150. The zero-order chi connectivity index (χ0) is 18.6. The molecule has 3 aromatic rings. The highest BCUT2D eigenvalue weighted by Gasteiger charge is 2.27. The van der Waals surface area contributed by atoms with Crippen molar-refractivity contribution < 1.29 is 4.79 Å². The van der Waals surface area contributed by atoms with Gasteiger partial charge in [0.2, 0.25) is 5.91 Å². The highest BCUT2D eigenvalue weighted by Crippen LogP contribution is 2.26. The van der Waals surface area contributed by atoms with Gasteiger partial charge in [-0.15, -0.1) is 24.8 Å². The number of rotatable bonds is 5. The molecule has 1 aliphatic carbocycles. The van der Waals surface area contributed by atoms with Gasteiger partial charge >= 0.3 is 0 Å². The number of benzene rings is 1. The molecule has 29 heavy (non-hydrogen) atoms. The first-order chi connectivity index (χ1) is 13.2. The molecule has 0 radical (unpaired) electrons. The van der Waals surface area contributed by atoms with E-state index in [2.05, 4.69) is 10.3 Å². The minimum absolute atomic E-state index is 0. The van der Waals surface area contributed by atoms with Gasteiger partial charge in [0.05, 0.1) is 11.4 Å². The van der Waals surface area contributed by atoms with Crippen LogP contribution >= 0.6 is 24.8 Å². The van der Waals surface area contributed by atoms with Crippen LogP contribution in [0.25, 0.3) is 16.9 Å². The van der Waals surface area contributed by atoms with Gasteiger partial charge in [-0.05, 0) is 43.5 Å². The molecule has 154 valence electrons. The maximum Gasteiger partial charge on any atom is 0.223 e. The summed E-state index contributed by atoms with van der Waals surface area (Å²) in [5.74, 6) is 0.102. The highest BCUT2D eigenvalue weighted by molar-refractivity contribution is 5.85. The van der Waals surface area contributed by atoms with Crippen LogP contribution in [0.2, 0.25) is 0 Å². The summed E-state index contributed by atoms with van der Waals surface area (Å²) >= 11 is 0. The maximum absolute atomic E-state index is 12.5. The van der Waals surface area contributed by atoms with Crippen molar-refractivity contribution >= 4 is 30.7 Å². The van der Waals surface area contributed by atoms with E-state index in [1.807, 2.05) is 53.3 Å². The molecule has 0 bridgehead atoms. The van der Waals surface area contributed by atoms with Gasteiger partial charge in [0.15, 0.2) is 0 Å². The van der Waals surface area contributed by atoms with Crippen LogP contribution in [0.5, 0.6) is 0 Å². The van der Waals surface area contributed by atoms with Crippen LogP contribution in [-0.4, -0.2) is 26.7 Å². The summed E-state index contributed by atoms with van der Waals surface area (Å²) in [6, 6.07) is 14.0. The summed E-state index contributed by atoms with van der Waals surface area (Å²) in [5.41, 5.74) is 9.72. The van der Waals surface area contributed by atoms with Crippen molar-refractivity contribution in [2.24, 2.45) is 11.7 Å². The van der Waals surface area contributed by atoms with Crippen molar-refractivity contribution in [3.8, 4) is 16.9 Å². The molecule has 0 aliphatic heterocycles. The van der Waals surface area contributed by atoms with Crippen molar-refractivity contribution in [3.05, 3.63) is 66.6 Å². The van der Waals surface area contributed by atoms with Gasteiger partial charge in [0.1, 0.15) is 0 Å².